The molecular weight excluding hydrogens is 594 g/mol. The van der Waals surface area contributed by atoms with Crippen LogP contribution in [0, 0.1) is 12.5 Å². The normalized spacial score (nSPS) is 20.9. The Hall–Kier alpha value is -1.97. The van der Waals surface area contributed by atoms with Gasteiger partial charge in [-0.15, -0.1) is 11.3 Å². The third kappa shape index (κ3) is 6.47. The van der Waals surface area contributed by atoms with Crippen LogP contribution in [0.15, 0.2) is 47.3 Å². The third-order valence-electron chi connectivity index (χ3n) is 5.79. The molecule has 0 aliphatic heterocycles. The van der Waals surface area contributed by atoms with Crippen molar-refractivity contribution in [3.8, 4) is 0 Å². The number of ketones is 1. The number of aromatic nitrogens is 2. The van der Waals surface area contributed by atoms with E-state index in [9.17, 15) is 18.3 Å². The van der Waals surface area contributed by atoms with Gasteiger partial charge in [0.15, 0.2) is 0 Å². The van der Waals surface area contributed by atoms with Gasteiger partial charge in [0, 0.05) is 34.7 Å². The molecule has 0 saturated heterocycles. The highest BCUT2D eigenvalue weighted by Crippen LogP contribution is 2.36. The first-order valence-corrected chi connectivity index (χ1v) is 14.1. The molecule has 1 aliphatic carbocycles. The number of carbonyl (C=O) groups is 1. The van der Waals surface area contributed by atoms with E-state index in [0.29, 0.717) is 21.2 Å². The molecular formula is C22H22BrClN5O5S2. The van der Waals surface area contributed by atoms with Crippen LogP contribution >= 0.6 is 38.9 Å². The lowest BCUT2D eigenvalue weighted by atomic mass is 10.0. The molecule has 1 radical (unpaired) electrons. The summed E-state index contributed by atoms with van der Waals surface area (Å²) in [4.78, 5) is 21.9. The number of aliphatic hydroxyl groups excluding tert-OH is 1. The fourth-order valence-electron chi connectivity index (χ4n) is 4.04. The fraction of sp³-hybridized carbons (Fsp3) is 0.273. The Morgan fingerprint density at radius 2 is 2.11 bits per heavy atom. The van der Waals surface area contributed by atoms with Gasteiger partial charge in [-0.3, -0.25) is 9.35 Å². The number of nitrogens with zero attached hydrogens (tertiary/aromatic N) is 2. The van der Waals surface area contributed by atoms with Gasteiger partial charge in [-0.25, -0.2) is 9.97 Å². The van der Waals surface area contributed by atoms with Crippen LogP contribution in [0.5, 0.6) is 0 Å². The van der Waals surface area contributed by atoms with Gasteiger partial charge < -0.3 is 16.2 Å². The zero-order valence-electron chi connectivity index (χ0n) is 18.5. The van der Waals surface area contributed by atoms with Gasteiger partial charge in [-0.1, -0.05) is 39.7 Å². The molecule has 14 heteroatoms. The van der Waals surface area contributed by atoms with Crippen molar-refractivity contribution in [2.75, 3.05) is 5.32 Å². The summed E-state index contributed by atoms with van der Waals surface area (Å²) in [5.74, 6) is -0.603. The Labute approximate surface area is 225 Å². The van der Waals surface area contributed by atoms with Crippen LogP contribution in [0.3, 0.4) is 0 Å². The van der Waals surface area contributed by atoms with Crippen molar-refractivity contribution in [2.24, 2.45) is 11.7 Å². The SMILES string of the molecule is N[C@H](c1cccc(Br)c1)c1cc(C(=O)c2cncnc2N[C@H]2C[C@H](O)[C@@H]([CH]NS(=O)(=O)O)C2)sc1Cl. The molecule has 4 rings (SSSR count). The lowest BCUT2D eigenvalue weighted by Crippen LogP contribution is -2.27. The first-order chi connectivity index (χ1) is 17.0. The van der Waals surface area contributed by atoms with Crippen molar-refractivity contribution in [3.05, 3.63) is 79.8 Å². The summed E-state index contributed by atoms with van der Waals surface area (Å²) in [7, 11) is -4.41. The van der Waals surface area contributed by atoms with E-state index in [4.69, 9.17) is 21.9 Å². The van der Waals surface area contributed by atoms with Crippen LogP contribution in [-0.4, -0.2) is 46.0 Å². The molecule has 3 aromatic rings. The molecule has 2 aromatic heterocycles. The first kappa shape index (κ1) is 27.1. The number of nitrogens with one attached hydrogen (secondary N) is 2. The maximum Gasteiger partial charge on any atom is 0.333 e. The van der Waals surface area contributed by atoms with E-state index in [-0.39, 0.29) is 29.6 Å². The highest BCUT2D eigenvalue weighted by atomic mass is 79.9. The summed E-state index contributed by atoms with van der Waals surface area (Å²) in [6.07, 6.45) is 2.47. The number of nitrogens with two attached hydrogens (primary N) is 1. The van der Waals surface area contributed by atoms with E-state index in [0.717, 1.165) is 27.9 Å². The number of carbonyl (C=O) groups excluding carboxylic acids is 1. The number of halogens is 2. The maximum atomic E-state index is 13.4. The van der Waals surface area contributed by atoms with E-state index < -0.39 is 28.4 Å². The van der Waals surface area contributed by atoms with Crippen molar-refractivity contribution >= 4 is 60.8 Å². The largest absolute Gasteiger partial charge is 0.393 e. The third-order valence-corrected chi connectivity index (χ3v) is 8.10. The summed E-state index contributed by atoms with van der Waals surface area (Å²) in [5, 5.41) is 13.4. The maximum absolute atomic E-state index is 13.4. The molecule has 0 amide bonds. The lowest BCUT2D eigenvalue weighted by Gasteiger charge is -2.15. The van der Waals surface area contributed by atoms with Gasteiger partial charge in [0.1, 0.15) is 12.1 Å². The molecule has 2 heterocycles. The summed E-state index contributed by atoms with van der Waals surface area (Å²) in [5.41, 5.74) is 8.10. The number of anilines is 1. The highest BCUT2D eigenvalue weighted by molar-refractivity contribution is 9.10. The van der Waals surface area contributed by atoms with Crippen molar-refractivity contribution in [3.63, 3.8) is 0 Å². The Balaban J connectivity index is 1.51. The van der Waals surface area contributed by atoms with Crippen LogP contribution in [0.25, 0.3) is 0 Å². The smallest absolute Gasteiger partial charge is 0.333 e. The second-order valence-corrected chi connectivity index (χ2v) is 12.0. The minimum atomic E-state index is -4.41. The zero-order chi connectivity index (χ0) is 26.0. The summed E-state index contributed by atoms with van der Waals surface area (Å²) in [6.45, 7) is 1.14. The molecule has 0 bridgehead atoms. The molecule has 1 aliphatic rings. The average molecular weight is 616 g/mol. The monoisotopic (exact) mass is 614 g/mol. The van der Waals surface area contributed by atoms with Gasteiger partial charge >= 0.3 is 10.3 Å². The van der Waals surface area contributed by atoms with Crippen LogP contribution < -0.4 is 15.8 Å². The first-order valence-electron chi connectivity index (χ1n) is 10.7. The van der Waals surface area contributed by atoms with Gasteiger partial charge in [-0.2, -0.15) is 13.1 Å². The molecule has 1 aromatic carbocycles. The summed E-state index contributed by atoms with van der Waals surface area (Å²) in [6, 6.07) is 8.36. The van der Waals surface area contributed by atoms with Crippen molar-refractivity contribution in [1.29, 1.82) is 0 Å². The minimum Gasteiger partial charge on any atom is -0.393 e. The number of hydrogen-bond acceptors (Lipinski definition) is 9. The minimum absolute atomic E-state index is 0.218. The molecule has 1 fully saturated rings. The number of thiophene rings is 1. The standard InChI is InChI=1S/C22H22BrClN5O5S2/c23-13-3-1-2-11(4-13)19(25)15-7-18(35-21(15)24)20(31)16-9-26-10-27-22(16)29-14-5-12(17(30)6-14)8-28-36(32,33)34/h1-4,7-10,12,14,17,19,28,30H,5-6,25H2,(H,26,27,29)(H,32,33,34)/t12-,14-,17+,19-/m1/s1. The van der Waals surface area contributed by atoms with Crippen molar-refractivity contribution in [1.82, 2.24) is 14.7 Å². The number of rotatable bonds is 9. The van der Waals surface area contributed by atoms with E-state index in [2.05, 4.69) is 31.2 Å². The second kappa shape index (κ2) is 11.2. The molecule has 10 nitrogen and oxygen atoms in total. The Kier molecular flexibility index (Phi) is 8.42. The predicted molar refractivity (Wildman–Crippen MR) is 140 cm³/mol. The summed E-state index contributed by atoms with van der Waals surface area (Å²) < 4.78 is 33.9. The van der Waals surface area contributed by atoms with Crippen LogP contribution in [0.1, 0.15) is 45.2 Å². The van der Waals surface area contributed by atoms with E-state index >= 15 is 0 Å². The van der Waals surface area contributed by atoms with Gasteiger partial charge in [-0.05, 0) is 36.6 Å². The van der Waals surface area contributed by atoms with Gasteiger partial charge in [0.25, 0.3) is 0 Å². The van der Waals surface area contributed by atoms with Crippen LogP contribution in [0.2, 0.25) is 4.34 Å². The van der Waals surface area contributed by atoms with Crippen molar-refractivity contribution in [2.45, 2.75) is 31.0 Å². The molecule has 36 heavy (non-hydrogen) atoms. The number of benzene rings is 1. The molecule has 0 spiro atoms. The fourth-order valence-corrected chi connectivity index (χ4v) is 6.11. The molecule has 191 valence electrons. The van der Waals surface area contributed by atoms with Crippen molar-refractivity contribution < 1.29 is 22.9 Å². The van der Waals surface area contributed by atoms with Crippen LogP contribution in [0.4, 0.5) is 5.82 Å². The van der Waals surface area contributed by atoms with Crippen LogP contribution in [-0.2, 0) is 10.3 Å². The number of hydrogen-bond donors (Lipinski definition) is 5. The Morgan fingerprint density at radius 3 is 2.83 bits per heavy atom. The predicted octanol–water partition coefficient (Wildman–Crippen LogP) is 3.34. The van der Waals surface area contributed by atoms with Gasteiger partial charge in [0.2, 0.25) is 5.78 Å². The molecule has 6 N–H and O–H groups in total. The lowest BCUT2D eigenvalue weighted by molar-refractivity contribution is 0.104. The average Bonchev–Trinajstić information content (AvgIpc) is 3.38. The molecule has 1 saturated carbocycles. The Morgan fingerprint density at radius 1 is 1.33 bits per heavy atom. The highest BCUT2D eigenvalue weighted by Gasteiger charge is 2.34. The van der Waals surface area contributed by atoms with E-state index in [1.54, 1.807) is 6.07 Å². The van der Waals surface area contributed by atoms with E-state index in [1.807, 2.05) is 29.0 Å². The second-order valence-electron chi connectivity index (χ2n) is 8.29. The van der Waals surface area contributed by atoms with Gasteiger partial charge in [0.05, 0.1) is 26.9 Å². The van der Waals surface area contributed by atoms with E-state index in [1.165, 1.54) is 12.5 Å². The quantitative estimate of drug-likeness (QED) is 0.179. The molecule has 0 unspecified atom stereocenters. The summed E-state index contributed by atoms with van der Waals surface area (Å²) >= 11 is 11.0. The number of aliphatic hydroxyl groups is 1. The Bertz CT molecular complexity index is 1370. The zero-order valence-corrected chi connectivity index (χ0v) is 22.5. The topological polar surface area (TPSA) is 168 Å². The molecule has 4 atom stereocenters.